The topological polar surface area (TPSA) is 35.2 Å². The van der Waals surface area contributed by atoms with Crippen LogP contribution >= 0.6 is 0 Å². The number of rotatable bonds is 5. The first kappa shape index (κ1) is 13.8. The average Bonchev–Trinajstić information content (AvgIpc) is 2.26. The van der Waals surface area contributed by atoms with E-state index >= 15 is 0 Å². The van der Waals surface area contributed by atoms with Crippen molar-refractivity contribution in [1.82, 2.24) is 0 Å². The molecule has 0 saturated carbocycles. The molecule has 0 aliphatic rings. The van der Waals surface area contributed by atoms with Crippen LogP contribution in [-0.4, -0.2) is 12.8 Å². The van der Waals surface area contributed by atoms with Crippen molar-refractivity contribution in [2.45, 2.75) is 32.0 Å². The highest BCUT2D eigenvalue weighted by molar-refractivity contribution is 5.35. The van der Waals surface area contributed by atoms with Crippen LogP contribution in [0.2, 0.25) is 0 Å². The lowest BCUT2D eigenvalue weighted by molar-refractivity contribution is -0.136. The minimum absolute atomic E-state index is 0.131. The van der Waals surface area contributed by atoms with Gasteiger partial charge in [0.25, 0.3) is 0 Å². The number of hydrogen-bond donors (Lipinski definition) is 1. The first-order chi connectivity index (χ1) is 7.94. The molecule has 96 valence electrons. The van der Waals surface area contributed by atoms with Gasteiger partial charge in [0, 0.05) is 18.0 Å². The van der Waals surface area contributed by atoms with E-state index in [4.69, 9.17) is 10.5 Å². The lowest BCUT2D eigenvalue weighted by Crippen LogP contribution is -2.16. The van der Waals surface area contributed by atoms with Crippen LogP contribution in [0, 0.1) is 0 Å². The molecule has 0 saturated heterocycles. The van der Waals surface area contributed by atoms with Crippen LogP contribution in [0.5, 0.6) is 5.75 Å². The molecular weight excluding hydrogens is 231 g/mol. The Hall–Kier alpha value is -1.23. The highest BCUT2D eigenvalue weighted by atomic mass is 19.4. The molecule has 0 spiro atoms. The molecule has 1 rings (SSSR count). The minimum Gasteiger partial charge on any atom is -0.494 e. The maximum Gasteiger partial charge on any atom is 0.389 e. The van der Waals surface area contributed by atoms with Crippen LogP contribution in [0.3, 0.4) is 0 Å². The Kier molecular flexibility index (Phi) is 4.81. The van der Waals surface area contributed by atoms with Crippen molar-refractivity contribution in [3.63, 3.8) is 0 Å². The third kappa shape index (κ3) is 4.65. The Labute approximate surface area is 98.6 Å². The van der Waals surface area contributed by atoms with E-state index < -0.39 is 18.6 Å². The largest absolute Gasteiger partial charge is 0.494 e. The second-order valence-corrected chi connectivity index (χ2v) is 3.73. The van der Waals surface area contributed by atoms with Gasteiger partial charge in [-0.1, -0.05) is 18.2 Å². The van der Waals surface area contributed by atoms with Gasteiger partial charge in [0.1, 0.15) is 5.75 Å². The highest BCUT2D eigenvalue weighted by Gasteiger charge is 2.28. The Bertz CT molecular complexity index is 352. The monoisotopic (exact) mass is 247 g/mol. The molecule has 0 heterocycles. The Morgan fingerprint density at radius 3 is 2.53 bits per heavy atom. The van der Waals surface area contributed by atoms with E-state index in [0.717, 1.165) is 0 Å². The summed E-state index contributed by atoms with van der Waals surface area (Å²) in [5, 5.41) is 0. The Morgan fingerprint density at radius 2 is 1.94 bits per heavy atom. The van der Waals surface area contributed by atoms with Crippen LogP contribution in [0.25, 0.3) is 0 Å². The average molecular weight is 247 g/mol. The number of ether oxygens (including phenoxy) is 1. The zero-order valence-corrected chi connectivity index (χ0v) is 9.63. The van der Waals surface area contributed by atoms with Gasteiger partial charge >= 0.3 is 6.18 Å². The van der Waals surface area contributed by atoms with Crippen LogP contribution in [0.4, 0.5) is 13.2 Å². The molecule has 5 heteroatoms. The molecule has 2 N–H and O–H groups in total. The molecule has 17 heavy (non-hydrogen) atoms. The van der Waals surface area contributed by atoms with Crippen molar-refractivity contribution in [2.24, 2.45) is 5.73 Å². The van der Waals surface area contributed by atoms with Gasteiger partial charge in [-0.2, -0.15) is 13.2 Å². The van der Waals surface area contributed by atoms with Crippen molar-refractivity contribution in [3.05, 3.63) is 29.8 Å². The van der Waals surface area contributed by atoms with Crippen molar-refractivity contribution in [2.75, 3.05) is 6.61 Å². The molecule has 0 amide bonds. The van der Waals surface area contributed by atoms with Crippen molar-refractivity contribution < 1.29 is 17.9 Å². The lowest BCUT2D eigenvalue weighted by atomic mass is 10.0. The van der Waals surface area contributed by atoms with Crippen molar-refractivity contribution >= 4 is 0 Å². The highest BCUT2D eigenvalue weighted by Crippen LogP contribution is 2.30. The fourth-order valence-electron chi connectivity index (χ4n) is 1.55. The Balaban J connectivity index is 2.70. The van der Waals surface area contributed by atoms with Gasteiger partial charge in [0.2, 0.25) is 0 Å². The summed E-state index contributed by atoms with van der Waals surface area (Å²) in [6, 6.07) is 6.27. The molecule has 0 aliphatic carbocycles. The number of hydrogen-bond acceptors (Lipinski definition) is 2. The lowest BCUT2D eigenvalue weighted by Gasteiger charge is -2.17. The molecule has 1 aromatic rings. The van der Waals surface area contributed by atoms with Gasteiger partial charge in [-0.3, -0.25) is 0 Å². The number of para-hydroxylation sites is 1. The van der Waals surface area contributed by atoms with Crippen LogP contribution in [-0.2, 0) is 0 Å². The third-order valence-corrected chi connectivity index (χ3v) is 2.36. The third-order valence-electron chi connectivity index (χ3n) is 2.36. The van der Waals surface area contributed by atoms with E-state index in [-0.39, 0.29) is 6.42 Å². The SMILES string of the molecule is CCOc1ccccc1C(N)CCC(F)(F)F. The molecule has 2 nitrogen and oxygen atoms in total. The summed E-state index contributed by atoms with van der Waals surface area (Å²) in [6.45, 7) is 2.28. The zero-order valence-electron chi connectivity index (χ0n) is 9.63. The van der Waals surface area contributed by atoms with Gasteiger partial charge in [-0.15, -0.1) is 0 Å². The number of halogens is 3. The molecular formula is C12H16F3NO. The second kappa shape index (κ2) is 5.91. The first-order valence-electron chi connectivity index (χ1n) is 5.48. The van der Waals surface area contributed by atoms with Crippen LogP contribution < -0.4 is 10.5 Å². The summed E-state index contributed by atoms with van der Waals surface area (Å²) in [4.78, 5) is 0. The van der Waals surface area contributed by atoms with E-state index in [1.54, 1.807) is 24.3 Å². The predicted octanol–water partition coefficient (Wildman–Crippen LogP) is 3.43. The van der Waals surface area contributed by atoms with E-state index in [1.165, 1.54) is 0 Å². The summed E-state index contributed by atoms with van der Waals surface area (Å²) in [5.41, 5.74) is 6.38. The number of alkyl halides is 3. The summed E-state index contributed by atoms with van der Waals surface area (Å²) < 4.78 is 41.6. The number of benzene rings is 1. The molecule has 0 fully saturated rings. The molecule has 0 aliphatic heterocycles. The van der Waals surface area contributed by atoms with Gasteiger partial charge in [0.15, 0.2) is 0 Å². The molecule has 0 aromatic heterocycles. The zero-order chi connectivity index (χ0) is 12.9. The predicted molar refractivity (Wildman–Crippen MR) is 59.8 cm³/mol. The van der Waals surface area contributed by atoms with E-state index in [9.17, 15) is 13.2 Å². The first-order valence-corrected chi connectivity index (χ1v) is 5.48. The molecule has 0 bridgehead atoms. The van der Waals surface area contributed by atoms with E-state index in [1.807, 2.05) is 6.92 Å². The smallest absolute Gasteiger partial charge is 0.389 e. The second-order valence-electron chi connectivity index (χ2n) is 3.73. The molecule has 0 radical (unpaired) electrons. The summed E-state index contributed by atoms with van der Waals surface area (Å²) in [7, 11) is 0. The molecule has 1 unspecified atom stereocenters. The van der Waals surface area contributed by atoms with Crippen molar-refractivity contribution in [1.29, 1.82) is 0 Å². The standard InChI is InChI=1S/C12H16F3NO/c1-2-17-11-6-4-3-5-9(11)10(16)7-8-12(13,14)15/h3-6,10H,2,7-8,16H2,1H3. The maximum atomic E-state index is 12.1. The van der Waals surface area contributed by atoms with Gasteiger partial charge in [-0.05, 0) is 19.4 Å². The molecule has 1 atom stereocenters. The quantitative estimate of drug-likeness (QED) is 0.865. The fraction of sp³-hybridized carbons (Fsp3) is 0.500. The van der Waals surface area contributed by atoms with Gasteiger partial charge in [-0.25, -0.2) is 0 Å². The van der Waals surface area contributed by atoms with Gasteiger partial charge < -0.3 is 10.5 Å². The minimum atomic E-state index is -4.17. The summed E-state index contributed by atoms with van der Waals surface area (Å²) >= 11 is 0. The summed E-state index contributed by atoms with van der Waals surface area (Å²) in [6.07, 6.45) is -5.18. The maximum absolute atomic E-state index is 12.1. The van der Waals surface area contributed by atoms with Gasteiger partial charge in [0.05, 0.1) is 6.61 Å². The fourth-order valence-corrected chi connectivity index (χ4v) is 1.55. The molecule has 1 aromatic carbocycles. The number of nitrogens with two attached hydrogens (primary N) is 1. The van der Waals surface area contributed by atoms with Crippen LogP contribution in [0.15, 0.2) is 24.3 Å². The Morgan fingerprint density at radius 1 is 1.29 bits per heavy atom. The van der Waals surface area contributed by atoms with E-state index in [0.29, 0.717) is 17.9 Å². The normalized spacial score (nSPS) is 13.5. The van der Waals surface area contributed by atoms with Crippen molar-refractivity contribution in [3.8, 4) is 5.75 Å². The van der Waals surface area contributed by atoms with E-state index in [2.05, 4.69) is 0 Å². The van der Waals surface area contributed by atoms with Crippen LogP contribution in [0.1, 0.15) is 31.4 Å². The summed E-state index contributed by atoms with van der Waals surface area (Å²) in [5.74, 6) is 0.560.